The zero-order chi connectivity index (χ0) is 15.5. The number of amides is 1. The molecule has 0 bridgehead atoms. The molecule has 0 radical (unpaired) electrons. The monoisotopic (exact) mass is 281 g/mol. The van der Waals surface area contributed by atoms with E-state index in [2.05, 4.69) is 31.2 Å². The molecular weight excluding hydrogens is 254 g/mol. The molecule has 1 amide bonds. The molecule has 114 valence electrons. The summed E-state index contributed by atoms with van der Waals surface area (Å²) in [5, 5.41) is 6.86. The molecule has 2 unspecified atom stereocenters. The number of rotatable bonds is 5. The Balaban J connectivity index is 2.55. The van der Waals surface area contributed by atoms with Crippen molar-refractivity contribution in [2.45, 2.75) is 66.5 Å². The van der Waals surface area contributed by atoms with E-state index in [9.17, 15) is 4.79 Å². The largest absolute Gasteiger partial charge is 0.361 e. The predicted molar refractivity (Wildman–Crippen MR) is 79.2 cm³/mol. The van der Waals surface area contributed by atoms with Crippen molar-refractivity contribution in [3.05, 3.63) is 17.0 Å². The maximum atomic E-state index is 12.0. The Labute approximate surface area is 121 Å². The van der Waals surface area contributed by atoms with Crippen LogP contribution in [0.25, 0.3) is 0 Å². The van der Waals surface area contributed by atoms with Crippen LogP contribution in [0.1, 0.15) is 63.6 Å². The SMILES string of the molecule is Cc1noc(C)c1C(C)NC(=O)CC(N)CC(C)(C)C. The molecule has 3 N–H and O–H groups in total. The van der Waals surface area contributed by atoms with Gasteiger partial charge in [-0.1, -0.05) is 25.9 Å². The lowest BCUT2D eigenvalue weighted by Gasteiger charge is -2.23. The smallest absolute Gasteiger partial charge is 0.222 e. The molecule has 0 saturated heterocycles. The Hall–Kier alpha value is -1.36. The Morgan fingerprint density at radius 1 is 1.40 bits per heavy atom. The first-order valence-corrected chi connectivity index (χ1v) is 7.08. The first-order valence-electron chi connectivity index (χ1n) is 7.08. The third-order valence-electron chi connectivity index (χ3n) is 3.22. The van der Waals surface area contributed by atoms with Crippen molar-refractivity contribution in [1.29, 1.82) is 0 Å². The Morgan fingerprint density at radius 2 is 2.00 bits per heavy atom. The highest BCUT2D eigenvalue weighted by Crippen LogP contribution is 2.23. The van der Waals surface area contributed by atoms with Crippen LogP contribution < -0.4 is 11.1 Å². The average molecular weight is 281 g/mol. The van der Waals surface area contributed by atoms with Crippen molar-refractivity contribution < 1.29 is 9.32 Å². The lowest BCUT2D eigenvalue weighted by molar-refractivity contribution is -0.122. The zero-order valence-corrected chi connectivity index (χ0v) is 13.4. The number of nitrogens with zero attached hydrogens (tertiary/aromatic N) is 1. The van der Waals surface area contributed by atoms with Crippen LogP contribution in [-0.4, -0.2) is 17.1 Å². The topological polar surface area (TPSA) is 81.2 Å². The molecule has 1 aromatic rings. The molecule has 2 atom stereocenters. The predicted octanol–water partition coefficient (Wildman–Crippen LogP) is 2.62. The molecule has 0 aromatic carbocycles. The summed E-state index contributed by atoms with van der Waals surface area (Å²) in [5.74, 6) is 0.712. The summed E-state index contributed by atoms with van der Waals surface area (Å²) in [4.78, 5) is 12.0. The maximum absolute atomic E-state index is 12.0. The van der Waals surface area contributed by atoms with E-state index in [0.717, 1.165) is 23.4 Å². The second-order valence-corrected chi connectivity index (χ2v) is 6.76. The number of carbonyl (C=O) groups excluding carboxylic acids is 1. The van der Waals surface area contributed by atoms with E-state index < -0.39 is 0 Å². The first kappa shape index (κ1) is 16.7. The summed E-state index contributed by atoms with van der Waals surface area (Å²) in [5.41, 5.74) is 7.92. The van der Waals surface area contributed by atoms with Gasteiger partial charge in [0.05, 0.1) is 11.7 Å². The van der Waals surface area contributed by atoms with Crippen molar-refractivity contribution >= 4 is 5.91 Å². The van der Waals surface area contributed by atoms with Crippen LogP contribution in [-0.2, 0) is 4.79 Å². The quantitative estimate of drug-likeness (QED) is 0.869. The standard InChI is InChI=1S/C15H27N3O2/c1-9(14-10(2)18-20-11(14)3)17-13(19)7-12(16)8-15(4,5)6/h9,12H,7-8,16H2,1-6H3,(H,17,19). The molecule has 1 rings (SSSR count). The van der Waals surface area contributed by atoms with Gasteiger partial charge in [-0.2, -0.15) is 0 Å². The van der Waals surface area contributed by atoms with Crippen LogP contribution in [0.15, 0.2) is 4.52 Å². The van der Waals surface area contributed by atoms with Gasteiger partial charge >= 0.3 is 0 Å². The van der Waals surface area contributed by atoms with E-state index in [-0.39, 0.29) is 23.4 Å². The van der Waals surface area contributed by atoms with Gasteiger partial charge in [0.2, 0.25) is 5.91 Å². The normalized spacial score (nSPS) is 14.9. The van der Waals surface area contributed by atoms with E-state index >= 15 is 0 Å². The molecule has 20 heavy (non-hydrogen) atoms. The van der Waals surface area contributed by atoms with Crippen molar-refractivity contribution in [3.8, 4) is 0 Å². The third kappa shape index (κ3) is 4.96. The third-order valence-corrected chi connectivity index (χ3v) is 3.22. The number of aryl methyl sites for hydroxylation is 2. The van der Waals surface area contributed by atoms with Gasteiger partial charge in [0.25, 0.3) is 0 Å². The molecule has 5 heteroatoms. The molecule has 0 aliphatic carbocycles. The van der Waals surface area contributed by atoms with Crippen molar-refractivity contribution in [3.63, 3.8) is 0 Å². The molecule has 0 spiro atoms. The molecule has 1 heterocycles. The number of aromatic nitrogens is 1. The number of nitrogens with two attached hydrogens (primary N) is 1. The van der Waals surface area contributed by atoms with E-state index in [4.69, 9.17) is 10.3 Å². The van der Waals surface area contributed by atoms with Gasteiger partial charge in [0.15, 0.2) is 0 Å². The van der Waals surface area contributed by atoms with Gasteiger partial charge < -0.3 is 15.6 Å². The van der Waals surface area contributed by atoms with Gasteiger partial charge in [0, 0.05) is 18.0 Å². The van der Waals surface area contributed by atoms with Gasteiger partial charge in [0.1, 0.15) is 5.76 Å². The fourth-order valence-corrected chi connectivity index (χ4v) is 2.58. The number of carbonyl (C=O) groups is 1. The minimum absolute atomic E-state index is 0.0331. The molecule has 0 aliphatic heterocycles. The second kappa shape index (κ2) is 6.39. The van der Waals surface area contributed by atoms with E-state index in [1.807, 2.05) is 20.8 Å². The summed E-state index contributed by atoms with van der Waals surface area (Å²) in [6.45, 7) is 12.0. The van der Waals surface area contributed by atoms with Crippen molar-refractivity contribution in [1.82, 2.24) is 10.5 Å². The Bertz CT molecular complexity index is 441. The first-order chi connectivity index (χ1) is 9.10. The minimum atomic E-state index is -0.119. The number of hydrogen-bond acceptors (Lipinski definition) is 4. The van der Waals surface area contributed by atoms with Crippen LogP contribution in [0.4, 0.5) is 0 Å². The molecule has 0 fully saturated rings. The van der Waals surface area contributed by atoms with E-state index in [1.165, 1.54) is 0 Å². The minimum Gasteiger partial charge on any atom is -0.361 e. The van der Waals surface area contributed by atoms with Crippen LogP contribution >= 0.6 is 0 Å². The molecule has 5 nitrogen and oxygen atoms in total. The lowest BCUT2D eigenvalue weighted by Crippen LogP contribution is -2.35. The van der Waals surface area contributed by atoms with Gasteiger partial charge in [-0.15, -0.1) is 0 Å². The summed E-state index contributed by atoms with van der Waals surface area (Å²) in [6.07, 6.45) is 1.16. The molecule has 0 saturated carbocycles. The summed E-state index contributed by atoms with van der Waals surface area (Å²) in [6, 6.07) is -0.234. The summed E-state index contributed by atoms with van der Waals surface area (Å²) < 4.78 is 5.12. The average Bonchev–Trinajstić information content (AvgIpc) is 2.54. The number of hydrogen-bond donors (Lipinski definition) is 2. The van der Waals surface area contributed by atoms with Gasteiger partial charge in [-0.05, 0) is 32.6 Å². The highest BCUT2D eigenvalue weighted by atomic mass is 16.5. The molecule has 1 aromatic heterocycles. The van der Waals surface area contributed by atoms with Crippen molar-refractivity contribution in [2.24, 2.45) is 11.1 Å². The zero-order valence-electron chi connectivity index (χ0n) is 13.4. The fraction of sp³-hybridized carbons (Fsp3) is 0.733. The highest BCUT2D eigenvalue weighted by Gasteiger charge is 2.21. The summed E-state index contributed by atoms with van der Waals surface area (Å²) >= 11 is 0. The Morgan fingerprint density at radius 3 is 2.45 bits per heavy atom. The summed E-state index contributed by atoms with van der Waals surface area (Å²) in [7, 11) is 0. The van der Waals surface area contributed by atoms with Crippen LogP contribution in [0.2, 0.25) is 0 Å². The van der Waals surface area contributed by atoms with E-state index in [1.54, 1.807) is 0 Å². The van der Waals surface area contributed by atoms with Crippen LogP contribution in [0.5, 0.6) is 0 Å². The molecular formula is C15H27N3O2. The number of nitrogens with one attached hydrogen (secondary N) is 1. The Kier molecular flexibility index (Phi) is 5.34. The van der Waals surface area contributed by atoms with Gasteiger partial charge in [-0.25, -0.2) is 0 Å². The van der Waals surface area contributed by atoms with Crippen LogP contribution in [0.3, 0.4) is 0 Å². The fourth-order valence-electron chi connectivity index (χ4n) is 2.58. The lowest BCUT2D eigenvalue weighted by atomic mass is 9.87. The maximum Gasteiger partial charge on any atom is 0.222 e. The second-order valence-electron chi connectivity index (χ2n) is 6.76. The highest BCUT2D eigenvalue weighted by molar-refractivity contribution is 5.77. The van der Waals surface area contributed by atoms with E-state index in [0.29, 0.717) is 6.42 Å². The van der Waals surface area contributed by atoms with Crippen molar-refractivity contribution in [2.75, 3.05) is 0 Å². The molecule has 0 aliphatic rings. The van der Waals surface area contributed by atoms with Crippen LogP contribution in [0, 0.1) is 19.3 Å². The van der Waals surface area contributed by atoms with Gasteiger partial charge in [-0.3, -0.25) is 4.79 Å².